The van der Waals surface area contributed by atoms with Crippen molar-refractivity contribution < 1.29 is 18.7 Å². The lowest BCUT2D eigenvalue weighted by Crippen LogP contribution is -2.19. The summed E-state index contributed by atoms with van der Waals surface area (Å²) in [5.41, 5.74) is 0.184. The van der Waals surface area contributed by atoms with Crippen LogP contribution in [0.2, 0.25) is 0 Å². The van der Waals surface area contributed by atoms with Gasteiger partial charge in [-0.15, -0.1) is 0 Å². The van der Waals surface area contributed by atoms with Crippen molar-refractivity contribution in [1.29, 1.82) is 0 Å². The number of anilines is 2. The van der Waals surface area contributed by atoms with Gasteiger partial charge in [-0.3, -0.25) is 5.32 Å². The average Bonchev–Trinajstić information content (AvgIpc) is 2.84. The largest absolute Gasteiger partial charge is 0.494 e. The minimum absolute atomic E-state index is 0.0293. The van der Waals surface area contributed by atoms with E-state index in [2.05, 4.69) is 31.5 Å². The van der Waals surface area contributed by atoms with Crippen LogP contribution in [0.3, 0.4) is 0 Å². The molecule has 0 aliphatic rings. The van der Waals surface area contributed by atoms with Crippen LogP contribution in [-0.4, -0.2) is 25.2 Å². The molecule has 2 N–H and O–H groups in total. The van der Waals surface area contributed by atoms with Crippen molar-refractivity contribution in [1.82, 2.24) is 4.98 Å². The van der Waals surface area contributed by atoms with Gasteiger partial charge in [0.15, 0.2) is 16.7 Å². The highest BCUT2D eigenvalue weighted by atomic mass is 79.9. The highest BCUT2D eigenvalue weighted by molar-refractivity contribution is 9.11. The second kappa shape index (κ2) is 6.72. The summed E-state index contributed by atoms with van der Waals surface area (Å²) in [6, 6.07) is 1.92. The fourth-order valence-corrected chi connectivity index (χ4v) is 2.62. The predicted octanol–water partition coefficient (Wildman–Crippen LogP) is 3.71. The molecule has 0 unspecified atom stereocenters. The third kappa shape index (κ3) is 3.82. The van der Waals surface area contributed by atoms with Gasteiger partial charge in [-0.1, -0.05) is 11.3 Å². The van der Waals surface area contributed by atoms with Gasteiger partial charge in [0.1, 0.15) is 5.75 Å². The molecule has 0 saturated carbocycles. The molecule has 0 saturated heterocycles. The summed E-state index contributed by atoms with van der Waals surface area (Å²) >= 11 is 4.49. The molecular formula is C12H11BrFN3O3S. The van der Waals surface area contributed by atoms with Crippen LogP contribution >= 0.6 is 27.3 Å². The van der Waals surface area contributed by atoms with E-state index in [4.69, 9.17) is 9.47 Å². The SMILES string of the molecule is COc1cc(OC)c(NC(=O)Nc2ncc(Br)s2)cc1F. The number of rotatable bonds is 4. The molecular weight excluding hydrogens is 365 g/mol. The molecule has 112 valence electrons. The zero-order valence-electron chi connectivity index (χ0n) is 11.1. The number of benzene rings is 1. The number of halogens is 2. The van der Waals surface area contributed by atoms with Crippen LogP contribution < -0.4 is 20.1 Å². The van der Waals surface area contributed by atoms with E-state index in [1.165, 1.54) is 31.6 Å². The van der Waals surface area contributed by atoms with Gasteiger partial charge in [-0.05, 0) is 15.9 Å². The number of thiazole rings is 1. The third-order valence-corrected chi connectivity index (χ3v) is 3.81. The second-order valence-electron chi connectivity index (χ2n) is 3.74. The van der Waals surface area contributed by atoms with E-state index in [0.29, 0.717) is 5.13 Å². The summed E-state index contributed by atoms with van der Waals surface area (Å²) in [5.74, 6) is -0.295. The van der Waals surface area contributed by atoms with Crippen LogP contribution in [0.15, 0.2) is 22.1 Å². The fraction of sp³-hybridized carbons (Fsp3) is 0.167. The fourth-order valence-electron chi connectivity index (χ4n) is 1.52. The van der Waals surface area contributed by atoms with Crippen LogP contribution in [-0.2, 0) is 0 Å². The molecule has 0 fully saturated rings. The summed E-state index contributed by atoms with van der Waals surface area (Å²) in [7, 11) is 2.76. The molecule has 6 nitrogen and oxygen atoms in total. The molecule has 2 aromatic rings. The minimum atomic E-state index is -0.606. The predicted molar refractivity (Wildman–Crippen MR) is 82.0 cm³/mol. The molecule has 9 heteroatoms. The van der Waals surface area contributed by atoms with E-state index >= 15 is 0 Å². The number of hydrogen-bond acceptors (Lipinski definition) is 5. The number of methoxy groups -OCH3 is 2. The molecule has 0 atom stereocenters. The molecule has 0 aliphatic heterocycles. The van der Waals surface area contributed by atoms with Gasteiger partial charge in [-0.25, -0.2) is 14.2 Å². The Bertz CT molecular complexity index is 665. The number of nitrogens with one attached hydrogen (secondary N) is 2. The number of nitrogens with zero attached hydrogens (tertiary/aromatic N) is 1. The number of carbonyl (C=O) groups excluding carboxylic acids is 1. The number of amides is 2. The molecule has 1 aromatic carbocycles. The van der Waals surface area contributed by atoms with Gasteiger partial charge in [0.05, 0.1) is 29.9 Å². The molecule has 0 bridgehead atoms. The number of aromatic nitrogens is 1. The first kappa shape index (κ1) is 15.5. The molecule has 2 rings (SSSR count). The highest BCUT2D eigenvalue weighted by Crippen LogP contribution is 2.32. The minimum Gasteiger partial charge on any atom is -0.494 e. The van der Waals surface area contributed by atoms with Crippen LogP contribution in [0.4, 0.5) is 20.0 Å². The van der Waals surface area contributed by atoms with Gasteiger partial charge >= 0.3 is 6.03 Å². The quantitative estimate of drug-likeness (QED) is 0.854. The van der Waals surface area contributed by atoms with Crippen LogP contribution in [0.1, 0.15) is 0 Å². The van der Waals surface area contributed by atoms with Crippen molar-refractivity contribution in [2.45, 2.75) is 0 Å². The van der Waals surface area contributed by atoms with E-state index in [1.54, 1.807) is 6.20 Å². The van der Waals surface area contributed by atoms with Crippen molar-refractivity contribution in [2.75, 3.05) is 24.9 Å². The van der Waals surface area contributed by atoms with Crippen LogP contribution in [0, 0.1) is 5.82 Å². The Kier molecular flexibility index (Phi) is 4.97. The zero-order chi connectivity index (χ0) is 15.4. The molecule has 0 spiro atoms. The van der Waals surface area contributed by atoms with Gasteiger partial charge in [0, 0.05) is 12.1 Å². The first-order chi connectivity index (χ1) is 10.0. The number of carbonyl (C=O) groups is 1. The van der Waals surface area contributed by atoms with E-state index in [0.717, 1.165) is 9.85 Å². The molecule has 2 amide bonds. The summed E-state index contributed by atoms with van der Waals surface area (Å²) in [5, 5.41) is 5.43. The maximum absolute atomic E-state index is 13.7. The molecule has 1 aromatic heterocycles. The lowest BCUT2D eigenvalue weighted by Gasteiger charge is -2.12. The molecule has 1 heterocycles. The Balaban J connectivity index is 2.14. The first-order valence-corrected chi connectivity index (χ1v) is 7.25. The highest BCUT2D eigenvalue weighted by Gasteiger charge is 2.14. The summed E-state index contributed by atoms with van der Waals surface area (Å²) in [6.45, 7) is 0. The first-order valence-electron chi connectivity index (χ1n) is 5.64. The number of urea groups is 1. The van der Waals surface area contributed by atoms with E-state index in [-0.39, 0.29) is 17.2 Å². The average molecular weight is 376 g/mol. The van der Waals surface area contributed by atoms with Gasteiger partial charge < -0.3 is 14.8 Å². The lowest BCUT2D eigenvalue weighted by molar-refractivity contribution is 0.262. The summed E-state index contributed by atoms with van der Waals surface area (Å²) < 4.78 is 24.4. The van der Waals surface area contributed by atoms with Gasteiger partial charge in [0.2, 0.25) is 0 Å². The topological polar surface area (TPSA) is 72.5 Å². The van der Waals surface area contributed by atoms with Crippen LogP contribution in [0.25, 0.3) is 0 Å². The lowest BCUT2D eigenvalue weighted by atomic mass is 10.2. The van der Waals surface area contributed by atoms with Gasteiger partial charge in [0.25, 0.3) is 0 Å². The van der Waals surface area contributed by atoms with Crippen LogP contribution in [0.5, 0.6) is 11.5 Å². The van der Waals surface area contributed by atoms with Crippen molar-refractivity contribution in [3.63, 3.8) is 0 Å². The molecule has 21 heavy (non-hydrogen) atoms. The summed E-state index contributed by atoms with van der Waals surface area (Å²) in [4.78, 5) is 15.8. The van der Waals surface area contributed by atoms with E-state index in [9.17, 15) is 9.18 Å². The second-order valence-corrected chi connectivity index (χ2v) is 6.15. The van der Waals surface area contributed by atoms with Crippen molar-refractivity contribution in [3.8, 4) is 11.5 Å². The Morgan fingerprint density at radius 3 is 2.57 bits per heavy atom. The Labute approximate surface area is 132 Å². The van der Waals surface area contributed by atoms with Crippen molar-refractivity contribution in [3.05, 3.63) is 27.9 Å². The van der Waals surface area contributed by atoms with E-state index < -0.39 is 11.8 Å². The summed E-state index contributed by atoms with van der Waals surface area (Å²) in [6.07, 6.45) is 1.56. The van der Waals surface area contributed by atoms with E-state index in [1.807, 2.05) is 0 Å². The molecule has 0 aliphatic carbocycles. The maximum atomic E-state index is 13.7. The normalized spacial score (nSPS) is 10.1. The maximum Gasteiger partial charge on any atom is 0.325 e. The third-order valence-electron chi connectivity index (χ3n) is 2.42. The Hall–Kier alpha value is -1.87. The number of hydrogen-bond donors (Lipinski definition) is 2. The zero-order valence-corrected chi connectivity index (χ0v) is 13.5. The van der Waals surface area contributed by atoms with Crippen molar-refractivity contribution in [2.24, 2.45) is 0 Å². The Morgan fingerprint density at radius 1 is 1.29 bits per heavy atom. The standard InChI is InChI=1S/C12H11BrFN3O3S/c1-19-8-4-9(20-2)7(3-6(8)14)16-11(18)17-12-15-5-10(13)21-12/h3-5H,1-2H3,(H2,15,16,17,18). The number of ether oxygens (including phenoxy) is 2. The smallest absolute Gasteiger partial charge is 0.325 e. The monoisotopic (exact) mass is 375 g/mol. The van der Waals surface area contributed by atoms with Crippen molar-refractivity contribution >= 4 is 44.1 Å². The van der Waals surface area contributed by atoms with Gasteiger partial charge in [-0.2, -0.15) is 0 Å². The molecule has 0 radical (unpaired) electrons. The Morgan fingerprint density at radius 2 is 2.00 bits per heavy atom.